The summed E-state index contributed by atoms with van der Waals surface area (Å²) in [6.45, 7) is 2.01. The number of phenolic OH excluding ortho intramolecular Hbond substituents is 1. The molecule has 9 heteroatoms. The third kappa shape index (κ3) is 3.18. The number of aryl methyl sites for hydroxylation is 1. The monoisotopic (exact) mass is 437 g/mol. The number of pyridine rings is 3. The van der Waals surface area contributed by atoms with E-state index in [4.69, 9.17) is 4.98 Å². The number of imidazole rings is 1. The smallest absolute Gasteiger partial charge is 0.159 e. The van der Waals surface area contributed by atoms with E-state index in [1.165, 1.54) is 12.1 Å². The quantitative estimate of drug-likeness (QED) is 0.367. The summed E-state index contributed by atoms with van der Waals surface area (Å²) < 4.78 is 13.9. The largest absolute Gasteiger partial charge is 0.508 e. The second-order valence-corrected chi connectivity index (χ2v) is 7.72. The van der Waals surface area contributed by atoms with E-state index in [0.717, 1.165) is 33.8 Å². The lowest BCUT2D eigenvalue weighted by atomic mass is 10.1. The van der Waals surface area contributed by atoms with Crippen LogP contribution in [0.1, 0.15) is 5.56 Å². The first-order valence-corrected chi connectivity index (χ1v) is 10.2. The number of hydrogen-bond acceptors (Lipinski definition) is 6. The topological polar surface area (TPSA) is 116 Å². The minimum Gasteiger partial charge on any atom is -0.508 e. The summed E-state index contributed by atoms with van der Waals surface area (Å²) in [6.07, 6.45) is 6.88. The Bertz CT molecular complexity index is 1650. The van der Waals surface area contributed by atoms with E-state index >= 15 is 0 Å². The predicted molar refractivity (Wildman–Crippen MR) is 122 cm³/mol. The van der Waals surface area contributed by atoms with Crippen molar-refractivity contribution in [1.82, 2.24) is 35.1 Å². The molecule has 0 bridgehead atoms. The van der Waals surface area contributed by atoms with Gasteiger partial charge in [0.25, 0.3) is 0 Å². The zero-order chi connectivity index (χ0) is 22.5. The van der Waals surface area contributed by atoms with E-state index in [9.17, 15) is 9.50 Å². The average Bonchev–Trinajstić information content (AvgIpc) is 3.42. The molecule has 0 spiro atoms. The molecular formula is C24H16FN7O. The van der Waals surface area contributed by atoms with Crippen LogP contribution in [0.5, 0.6) is 5.75 Å². The van der Waals surface area contributed by atoms with Crippen molar-refractivity contribution >= 4 is 21.9 Å². The van der Waals surface area contributed by atoms with Gasteiger partial charge in [-0.15, -0.1) is 0 Å². The molecule has 0 saturated carbocycles. The Morgan fingerprint density at radius 1 is 0.939 bits per heavy atom. The number of benzene rings is 1. The molecule has 0 amide bonds. The molecule has 0 saturated heterocycles. The number of aromatic amines is 2. The van der Waals surface area contributed by atoms with Crippen molar-refractivity contribution in [2.75, 3.05) is 0 Å². The lowest BCUT2D eigenvalue weighted by molar-refractivity contribution is 0.469. The number of H-pyrrole nitrogens is 2. The molecular weight excluding hydrogens is 421 g/mol. The van der Waals surface area contributed by atoms with Gasteiger partial charge in [-0.05, 0) is 42.8 Å². The fourth-order valence-corrected chi connectivity index (χ4v) is 3.95. The molecule has 160 valence electrons. The molecule has 0 radical (unpaired) electrons. The first-order chi connectivity index (χ1) is 16.1. The van der Waals surface area contributed by atoms with Crippen LogP contribution in [0.4, 0.5) is 4.39 Å². The second-order valence-electron chi connectivity index (χ2n) is 7.72. The van der Waals surface area contributed by atoms with Crippen LogP contribution in [0.2, 0.25) is 0 Å². The van der Waals surface area contributed by atoms with E-state index in [2.05, 4.69) is 30.1 Å². The maximum absolute atomic E-state index is 13.9. The Kier molecular flexibility index (Phi) is 4.16. The summed E-state index contributed by atoms with van der Waals surface area (Å²) >= 11 is 0. The Morgan fingerprint density at radius 3 is 2.70 bits per heavy atom. The third-order valence-corrected chi connectivity index (χ3v) is 5.54. The number of nitrogens with one attached hydrogen (secondary N) is 2. The normalized spacial score (nSPS) is 11.5. The summed E-state index contributed by atoms with van der Waals surface area (Å²) in [6, 6.07) is 9.50. The van der Waals surface area contributed by atoms with Gasteiger partial charge in [-0.3, -0.25) is 20.1 Å². The summed E-state index contributed by atoms with van der Waals surface area (Å²) in [7, 11) is 0. The molecule has 6 aromatic rings. The minimum atomic E-state index is -0.552. The fraction of sp³-hybridized carbons (Fsp3) is 0.0417. The van der Waals surface area contributed by atoms with Gasteiger partial charge in [0.15, 0.2) is 5.82 Å². The molecule has 8 nitrogen and oxygen atoms in total. The van der Waals surface area contributed by atoms with E-state index < -0.39 is 5.82 Å². The third-order valence-electron chi connectivity index (χ3n) is 5.54. The van der Waals surface area contributed by atoms with Crippen LogP contribution >= 0.6 is 0 Å². The van der Waals surface area contributed by atoms with Crippen LogP contribution < -0.4 is 0 Å². The zero-order valence-electron chi connectivity index (χ0n) is 17.3. The predicted octanol–water partition coefficient (Wildman–Crippen LogP) is 4.78. The number of hydrogen-bond donors (Lipinski definition) is 3. The highest BCUT2D eigenvalue weighted by Gasteiger charge is 2.17. The van der Waals surface area contributed by atoms with Crippen molar-refractivity contribution in [2.45, 2.75) is 6.92 Å². The van der Waals surface area contributed by atoms with Crippen LogP contribution in [0, 0.1) is 12.7 Å². The molecule has 1 aromatic carbocycles. The van der Waals surface area contributed by atoms with Gasteiger partial charge in [0.05, 0.1) is 28.6 Å². The molecule has 0 unspecified atom stereocenters. The molecule has 5 heterocycles. The van der Waals surface area contributed by atoms with Gasteiger partial charge in [0.2, 0.25) is 0 Å². The number of nitrogens with zero attached hydrogens (tertiary/aromatic N) is 5. The number of aromatic nitrogens is 7. The van der Waals surface area contributed by atoms with Crippen LogP contribution in [0.15, 0.2) is 61.2 Å². The van der Waals surface area contributed by atoms with Crippen molar-refractivity contribution in [3.05, 3.63) is 72.6 Å². The summed E-state index contributed by atoms with van der Waals surface area (Å²) in [5, 5.41) is 18.1. The molecule has 6 rings (SSSR count). The lowest BCUT2D eigenvalue weighted by Crippen LogP contribution is -1.89. The van der Waals surface area contributed by atoms with Gasteiger partial charge in [-0.25, -0.2) is 9.37 Å². The van der Waals surface area contributed by atoms with E-state index in [-0.39, 0.29) is 5.75 Å². The Balaban J connectivity index is 1.52. The molecule has 0 aliphatic heterocycles. The molecule has 0 aliphatic carbocycles. The average molecular weight is 437 g/mol. The Hall–Kier alpha value is -4.66. The standard InChI is InChI=1S/C24H16FN7O/c1-12-2-4-26-10-17(12)19-9-16-20(11-28-19)31-32-22(16)24-29-18-3-5-27-21(23(18)30-24)13-6-14(25)8-15(33)7-13/h2-11,33H,1H3,(H,29,30)(H,31,32). The van der Waals surface area contributed by atoms with Crippen molar-refractivity contribution in [2.24, 2.45) is 0 Å². The van der Waals surface area contributed by atoms with Crippen molar-refractivity contribution in [3.63, 3.8) is 0 Å². The van der Waals surface area contributed by atoms with Gasteiger partial charge in [-0.1, -0.05) is 0 Å². The first kappa shape index (κ1) is 19.1. The van der Waals surface area contributed by atoms with Crippen LogP contribution in [0.3, 0.4) is 0 Å². The molecule has 0 aliphatic rings. The zero-order valence-corrected chi connectivity index (χ0v) is 17.3. The maximum atomic E-state index is 13.9. The molecule has 0 atom stereocenters. The van der Waals surface area contributed by atoms with Gasteiger partial charge in [-0.2, -0.15) is 5.10 Å². The molecule has 0 fully saturated rings. The SMILES string of the molecule is Cc1ccncc1-c1cc2c(-c3nc4c(-c5cc(O)cc(F)c5)nccc4[nH]3)n[nH]c2cn1. The second kappa shape index (κ2) is 7.20. The summed E-state index contributed by atoms with van der Waals surface area (Å²) in [4.78, 5) is 21.1. The lowest BCUT2D eigenvalue weighted by Gasteiger charge is -2.04. The Labute approximate surface area is 186 Å². The first-order valence-electron chi connectivity index (χ1n) is 10.2. The highest BCUT2D eigenvalue weighted by Crippen LogP contribution is 2.33. The van der Waals surface area contributed by atoms with Crippen molar-refractivity contribution in [3.8, 4) is 39.8 Å². The van der Waals surface area contributed by atoms with Gasteiger partial charge in [0, 0.05) is 41.2 Å². The molecule has 3 N–H and O–H groups in total. The van der Waals surface area contributed by atoms with E-state index in [1.807, 2.05) is 19.1 Å². The van der Waals surface area contributed by atoms with Gasteiger partial charge < -0.3 is 10.1 Å². The van der Waals surface area contributed by atoms with Gasteiger partial charge in [0.1, 0.15) is 22.8 Å². The minimum absolute atomic E-state index is 0.177. The van der Waals surface area contributed by atoms with Crippen LogP contribution in [-0.2, 0) is 0 Å². The number of rotatable bonds is 3. The number of aromatic hydroxyl groups is 1. The fourth-order valence-electron chi connectivity index (χ4n) is 3.95. The molecule has 33 heavy (non-hydrogen) atoms. The van der Waals surface area contributed by atoms with Crippen molar-refractivity contribution in [1.29, 1.82) is 0 Å². The maximum Gasteiger partial charge on any atom is 0.159 e. The van der Waals surface area contributed by atoms with E-state index in [0.29, 0.717) is 33.8 Å². The van der Waals surface area contributed by atoms with Crippen LogP contribution in [-0.4, -0.2) is 40.2 Å². The Morgan fingerprint density at radius 2 is 1.85 bits per heavy atom. The number of fused-ring (bicyclic) bond motifs is 2. The highest BCUT2D eigenvalue weighted by molar-refractivity contribution is 5.97. The van der Waals surface area contributed by atoms with Gasteiger partial charge >= 0.3 is 0 Å². The van der Waals surface area contributed by atoms with E-state index in [1.54, 1.807) is 30.9 Å². The van der Waals surface area contributed by atoms with Crippen LogP contribution in [0.25, 0.3) is 56.0 Å². The van der Waals surface area contributed by atoms with Crippen molar-refractivity contribution < 1.29 is 9.50 Å². The number of phenols is 1. The highest BCUT2D eigenvalue weighted by atomic mass is 19.1. The summed E-state index contributed by atoms with van der Waals surface area (Å²) in [5.41, 5.74) is 6.33. The summed E-state index contributed by atoms with van der Waals surface area (Å²) in [5.74, 6) is -0.196. The molecule has 5 aromatic heterocycles. The number of halogens is 1.